The van der Waals surface area contributed by atoms with Gasteiger partial charge in [0.1, 0.15) is 5.75 Å². The molecule has 0 N–H and O–H groups in total. The SMILES string of the molecule is C=CC(=O)Oc1cc(C(=O)Cl)ccc1C(=O)Cl. The smallest absolute Gasteiger partial charge is 0.335 e. The average molecular weight is 273 g/mol. The van der Waals surface area contributed by atoms with Gasteiger partial charge in [0.2, 0.25) is 0 Å². The number of hydrogen-bond donors (Lipinski definition) is 0. The highest BCUT2D eigenvalue weighted by molar-refractivity contribution is 6.68. The van der Waals surface area contributed by atoms with Crippen molar-refractivity contribution in [3.8, 4) is 5.75 Å². The molecule has 0 bridgehead atoms. The zero-order chi connectivity index (χ0) is 13.0. The summed E-state index contributed by atoms with van der Waals surface area (Å²) in [7, 11) is 0. The molecule has 0 spiro atoms. The molecule has 1 rings (SSSR count). The van der Waals surface area contributed by atoms with Gasteiger partial charge in [0.05, 0.1) is 5.56 Å². The van der Waals surface area contributed by atoms with Gasteiger partial charge in [-0.1, -0.05) is 6.58 Å². The van der Waals surface area contributed by atoms with Crippen molar-refractivity contribution < 1.29 is 19.1 Å². The van der Waals surface area contributed by atoms with Crippen molar-refractivity contribution in [2.75, 3.05) is 0 Å². The summed E-state index contributed by atoms with van der Waals surface area (Å²) < 4.78 is 4.77. The average Bonchev–Trinajstić information content (AvgIpc) is 2.28. The van der Waals surface area contributed by atoms with Crippen LogP contribution in [0.25, 0.3) is 0 Å². The predicted octanol–water partition coefficient (Wildman–Crippen LogP) is 2.54. The van der Waals surface area contributed by atoms with Crippen molar-refractivity contribution in [3.05, 3.63) is 42.0 Å². The summed E-state index contributed by atoms with van der Waals surface area (Å²) in [5, 5.41) is -1.56. The van der Waals surface area contributed by atoms with E-state index >= 15 is 0 Å². The van der Waals surface area contributed by atoms with E-state index in [9.17, 15) is 14.4 Å². The molecule has 0 aromatic heterocycles. The van der Waals surface area contributed by atoms with Crippen molar-refractivity contribution in [2.45, 2.75) is 0 Å². The van der Waals surface area contributed by atoms with Crippen LogP contribution in [0.1, 0.15) is 20.7 Å². The number of hydrogen-bond acceptors (Lipinski definition) is 4. The van der Waals surface area contributed by atoms with Crippen LogP contribution in [0.15, 0.2) is 30.9 Å². The fourth-order valence-corrected chi connectivity index (χ4v) is 1.32. The van der Waals surface area contributed by atoms with Gasteiger partial charge in [-0.25, -0.2) is 4.79 Å². The first-order chi connectivity index (χ1) is 7.95. The molecule has 6 heteroatoms. The standard InChI is InChI=1S/C11H6Cl2O4/c1-2-9(14)17-8-5-6(10(12)15)3-4-7(8)11(13)16/h2-5H,1H2. The maximum absolute atomic E-state index is 11.0. The van der Waals surface area contributed by atoms with E-state index in [1.54, 1.807) is 0 Å². The van der Waals surface area contributed by atoms with Gasteiger partial charge in [0.25, 0.3) is 10.5 Å². The lowest BCUT2D eigenvalue weighted by atomic mass is 10.1. The molecule has 0 amide bonds. The van der Waals surface area contributed by atoms with Gasteiger partial charge in [-0.2, -0.15) is 0 Å². The zero-order valence-electron chi connectivity index (χ0n) is 8.41. The summed E-state index contributed by atoms with van der Waals surface area (Å²) in [4.78, 5) is 33.0. The summed E-state index contributed by atoms with van der Waals surface area (Å²) >= 11 is 10.6. The summed E-state index contributed by atoms with van der Waals surface area (Å²) in [5.41, 5.74) is 0.0451. The van der Waals surface area contributed by atoms with E-state index in [1.165, 1.54) is 12.1 Å². The summed E-state index contributed by atoms with van der Waals surface area (Å²) in [6.07, 6.45) is 0.914. The van der Waals surface area contributed by atoms with E-state index in [0.717, 1.165) is 12.1 Å². The van der Waals surface area contributed by atoms with Crippen molar-refractivity contribution in [3.63, 3.8) is 0 Å². The van der Waals surface area contributed by atoms with Crippen LogP contribution in [0.4, 0.5) is 0 Å². The molecular weight excluding hydrogens is 267 g/mol. The Bertz CT molecular complexity index is 508. The Kier molecular flexibility index (Phi) is 4.43. The van der Waals surface area contributed by atoms with Crippen LogP contribution >= 0.6 is 23.2 Å². The van der Waals surface area contributed by atoms with Crippen molar-refractivity contribution in [1.82, 2.24) is 0 Å². The maximum atomic E-state index is 11.0. The highest BCUT2D eigenvalue weighted by atomic mass is 35.5. The molecule has 0 saturated heterocycles. The third-order valence-electron chi connectivity index (χ3n) is 1.80. The van der Waals surface area contributed by atoms with Crippen molar-refractivity contribution in [2.24, 2.45) is 0 Å². The van der Waals surface area contributed by atoms with Crippen molar-refractivity contribution in [1.29, 1.82) is 0 Å². The monoisotopic (exact) mass is 272 g/mol. The van der Waals surface area contributed by atoms with Crippen LogP contribution in [0, 0.1) is 0 Å². The quantitative estimate of drug-likeness (QED) is 0.366. The summed E-state index contributed by atoms with van der Waals surface area (Å²) in [5.74, 6) is -0.912. The third-order valence-corrected chi connectivity index (χ3v) is 2.22. The number of rotatable bonds is 4. The molecule has 0 heterocycles. The molecule has 0 atom stereocenters. The predicted molar refractivity (Wildman–Crippen MR) is 62.6 cm³/mol. The fraction of sp³-hybridized carbons (Fsp3) is 0. The van der Waals surface area contributed by atoms with E-state index in [2.05, 4.69) is 6.58 Å². The molecule has 4 nitrogen and oxygen atoms in total. The van der Waals surface area contributed by atoms with Gasteiger partial charge in [-0.05, 0) is 41.4 Å². The highest BCUT2D eigenvalue weighted by Gasteiger charge is 2.15. The molecule has 0 unspecified atom stereocenters. The maximum Gasteiger partial charge on any atom is 0.335 e. The Labute approximate surface area is 107 Å². The second kappa shape index (κ2) is 5.61. The van der Waals surface area contributed by atoms with E-state index < -0.39 is 16.5 Å². The molecular formula is C11H6Cl2O4. The first-order valence-electron chi connectivity index (χ1n) is 4.33. The Balaban J connectivity index is 3.24. The lowest BCUT2D eigenvalue weighted by Crippen LogP contribution is -2.07. The van der Waals surface area contributed by atoms with Crippen molar-refractivity contribution >= 4 is 39.7 Å². The molecule has 0 aliphatic rings. The second-order valence-electron chi connectivity index (χ2n) is 2.88. The third kappa shape index (κ3) is 3.41. The number of esters is 1. The highest BCUT2D eigenvalue weighted by Crippen LogP contribution is 2.23. The van der Waals surface area contributed by atoms with Gasteiger partial charge in [-0.15, -0.1) is 0 Å². The van der Waals surface area contributed by atoms with Crippen LogP contribution < -0.4 is 4.74 Å². The summed E-state index contributed by atoms with van der Waals surface area (Å²) in [6.45, 7) is 3.20. The van der Waals surface area contributed by atoms with Crippen LogP contribution in [0.3, 0.4) is 0 Å². The number of halogens is 2. The Morgan fingerprint density at radius 1 is 1.18 bits per heavy atom. The molecule has 1 aromatic rings. The largest absolute Gasteiger partial charge is 0.423 e. The zero-order valence-corrected chi connectivity index (χ0v) is 9.92. The Hall–Kier alpha value is -1.65. The molecule has 0 fully saturated rings. The lowest BCUT2D eigenvalue weighted by Gasteiger charge is -2.06. The Morgan fingerprint density at radius 2 is 1.82 bits per heavy atom. The van der Waals surface area contributed by atoms with Crippen LogP contribution in [-0.2, 0) is 4.79 Å². The minimum Gasteiger partial charge on any atom is -0.423 e. The van der Waals surface area contributed by atoms with Gasteiger partial charge in [-0.3, -0.25) is 9.59 Å². The normalized spacial score (nSPS) is 9.53. The van der Waals surface area contributed by atoms with E-state index in [1.807, 2.05) is 0 Å². The molecule has 88 valence electrons. The van der Waals surface area contributed by atoms with Gasteiger partial charge in [0, 0.05) is 11.6 Å². The van der Waals surface area contributed by atoms with Crippen LogP contribution in [0.2, 0.25) is 0 Å². The van der Waals surface area contributed by atoms with Crippen LogP contribution in [-0.4, -0.2) is 16.5 Å². The number of benzene rings is 1. The summed E-state index contributed by atoms with van der Waals surface area (Å²) in [6, 6.07) is 3.71. The lowest BCUT2D eigenvalue weighted by molar-refractivity contribution is -0.128. The number of carbonyl (C=O) groups is 3. The first kappa shape index (κ1) is 13.4. The minimum absolute atomic E-state index is 0.0384. The molecule has 0 saturated carbocycles. The molecule has 0 aliphatic heterocycles. The number of carbonyl (C=O) groups excluding carboxylic acids is 3. The minimum atomic E-state index is -0.814. The molecule has 1 aromatic carbocycles. The Morgan fingerprint density at radius 3 is 2.29 bits per heavy atom. The fourth-order valence-electron chi connectivity index (χ4n) is 1.04. The van der Waals surface area contributed by atoms with E-state index in [-0.39, 0.29) is 16.9 Å². The van der Waals surface area contributed by atoms with Gasteiger partial charge in [0.15, 0.2) is 0 Å². The molecule has 17 heavy (non-hydrogen) atoms. The number of ether oxygens (including phenoxy) is 1. The van der Waals surface area contributed by atoms with Gasteiger partial charge < -0.3 is 4.74 Å². The second-order valence-corrected chi connectivity index (χ2v) is 3.57. The van der Waals surface area contributed by atoms with Crippen LogP contribution in [0.5, 0.6) is 5.75 Å². The molecule has 0 radical (unpaired) electrons. The van der Waals surface area contributed by atoms with E-state index in [0.29, 0.717) is 0 Å². The first-order valence-corrected chi connectivity index (χ1v) is 5.09. The van der Waals surface area contributed by atoms with Gasteiger partial charge >= 0.3 is 5.97 Å². The van der Waals surface area contributed by atoms with E-state index in [4.69, 9.17) is 27.9 Å². The molecule has 0 aliphatic carbocycles. The topological polar surface area (TPSA) is 60.4 Å².